The van der Waals surface area contributed by atoms with Crippen LogP contribution in [0.2, 0.25) is 0 Å². The fourth-order valence-corrected chi connectivity index (χ4v) is 1.13. The zero-order valence-electron chi connectivity index (χ0n) is 4.72. The van der Waals surface area contributed by atoms with E-state index in [9.17, 15) is 0 Å². The molecule has 1 aliphatic rings. The first-order valence-corrected chi connectivity index (χ1v) is 3.48. The van der Waals surface area contributed by atoms with Crippen LogP contribution in [0.15, 0.2) is 0 Å². The van der Waals surface area contributed by atoms with Gasteiger partial charge in [-0.15, -0.1) is 0 Å². The van der Waals surface area contributed by atoms with Gasteiger partial charge in [-0.1, -0.05) is 19.8 Å². The van der Waals surface area contributed by atoms with Crippen LogP contribution in [0.1, 0.15) is 26.2 Å². The molecule has 0 aromatic rings. The second-order valence-corrected chi connectivity index (χ2v) is 3.41. The van der Waals surface area contributed by atoms with Crippen molar-refractivity contribution in [3.8, 4) is 0 Å². The Morgan fingerprint density at radius 3 is 2.43 bits per heavy atom. The van der Waals surface area contributed by atoms with E-state index in [2.05, 4.69) is 19.6 Å². The molecule has 7 heavy (non-hydrogen) atoms. The van der Waals surface area contributed by atoms with Gasteiger partial charge in [-0.05, 0) is 17.6 Å². The van der Waals surface area contributed by atoms with E-state index in [1.165, 1.54) is 19.3 Å². The Morgan fingerprint density at radius 1 is 1.71 bits per heavy atom. The first kappa shape index (κ1) is 5.49. The third-order valence-electron chi connectivity index (χ3n) is 1.37. The molecule has 0 bridgehead atoms. The summed E-state index contributed by atoms with van der Waals surface area (Å²) in [6.07, 6.45) is 4.26. The van der Waals surface area contributed by atoms with E-state index in [0.29, 0.717) is 5.25 Å². The summed E-state index contributed by atoms with van der Waals surface area (Å²) in [6.45, 7) is 2.17. The van der Waals surface area contributed by atoms with Crippen LogP contribution in [0, 0.1) is 5.92 Å². The highest BCUT2D eigenvalue weighted by atomic mass is 32.1. The lowest BCUT2D eigenvalue weighted by molar-refractivity contribution is 0.724. The van der Waals surface area contributed by atoms with E-state index >= 15 is 0 Å². The summed E-state index contributed by atoms with van der Waals surface area (Å²) in [6, 6.07) is 0. The van der Waals surface area contributed by atoms with Crippen molar-refractivity contribution in [1.29, 1.82) is 0 Å². The average molecular weight is 116 g/mol. The van der Waals surface area contributed by atoms with Gasteiger partial charge in [0.15, 0.2) is 0 Å². The van der Waals surface area contributed by atoms with Gasteiger partial charge in [0.25, 0.3) is 0 Å². The van der Waals surface area contributed by atoms with Gasteiger partial charge in [-0.2, -0.15) is 12.6 Å². The molecule has 0 radical (unpaired) electrons. The Balaban J connectivity index is 1.97. The van der Waals surface area contributed by atoms with Crippen molar-refractivity contribution in [3.05, 3.63) is 0 Å². The maximum Gasteiger partial charge on any atom is -0.000895 e. The van der Waals surface area contributed by atoms with E-state index in [1.807, 2.05) is 0 Å². The molecular formula is C6H12S. The molecule has 1 fully saturated rings. The molecule has 1 unspecified atom stereocenters. The van der Waals surface area contributed by atoms with Crippen molar-refractivity contribution in [1.82, 2.24) is 0 Å². The van der Waals surface area contributed by atoms with Crippen LogP contribution in [-0.2, 0) is 0 Å². The molecule has 0 amide bonds. The Morgan fingerprint density at radius 2 is 2.29 bits per heavy atom. The molecule has 1 rings (SSSR count). The van der Waals surface area contributed by atoms with Gasteiger partial charge >= 0.3 is 0 Å². The summed E-state index contributed by atoms with van der Waals surface area (Å²) in [7, 11) is 0. The van der Waals surface area contributed by atoms with Gasteiger partial charge in [-0.3, -0.25) is 0 Å². The third kappa shape index (κ3) is 2.22. The van der Waals surface area contributed by atoms with Crippen molar-refractivity contribution >= 4 is 12.6 Å². The van der Waals surface area contributed by atoms with E-state index in [0.717, 1.165) is 5.92 Å². The minimum atomic E-state index is 0.632. The van der Waals surface area contributed by atoms with Gasteiger partial charge < -0.3 is 0 Å². The van der Waals surface area contributed by atoms with Gasteiger partial charge in [0.2, 0.25) is 0 Å². The van der Waals surface area contributed by atoms with E-state index < -0.39 is 0 Å². The van der Waals surface area contributed by atoms with Crippen LogP contribution in [0.25, 0.3) is 0 Å². The summed E-state index contributed by atoms with van der Waals surface area (Å²) in [5, 5.41) is 0.632. The summed E-state index contributed by atoms with van der Waals surface area (Å²) in [5.74, 6) is 1.05. The predicted molar refractivity (Wildman–Crippen MR) is 35.8 cm³/mol. The average Bonchev–Trinajstić information content (AvgIpc) is 2.17. The first-order chi connectivity index (χ1) is 3.29. The quantitative estimate of drug-likeness (QED) is 0.525. The molecule has 1 heteroatoms. The summed E-state index contributed by atoms with van der Waals surface area (Å²) >= 11 is 4.28. The van der Waals surface area contributed by atoms with Crippen molar-refractivity contribution in [3.63, 3.8) is 0 Å². The van der Waals surface area contributed by atoms with Gasteiger partial charge in [0.1, 0.15) is 0 Å². The molecule has 0 spiro atoms. The highest BCUT2D eigenvalue weighted by Crippen LogP contribution is 2.34. The number of hydrogen-bond donors (Lipinski definition) is 1. The van der Waals surface area contributed by atoms with Crippen LogP contribution in [-0.4, -0.2) is 5.25 Å². The number of rotatable bonds is 2. The zero-order valence-corrected chi connectivity index (χ0v) is 5.62. The largest absolute Gasteiger partial charge is 0.176 e. The highest BCUT2D eigenvalue weighted by Gasteiger charge is 2.21. The minimum Gasteiger partial charge on any atom is -0.176 e. The molecule has 42 valence electrons. The third-order valence-corrected chi connectivity index (χ3v) is 1.58. The van der Waals surface area contributed by atoms with Gasteiger partial charge in [0.05, 0.1) is 0 Å². The molecular weight excluding hydrogens is 104 g/mol. The van der Waals surface area contributed by atoms with Crippen LogP contribution < -0.4 is 0 Å². The summed E-state index contributed by atoms with van der Waals surface area (Å²) in [5.41, 5.74) is 0. The monoisotopic (exact) mass is 116 g/mol. The van der Waals surface area contributed by atoms with Crippen LogP contribution in [0.4, 0.5) is 0 Å². The molecule has 1 saturated carbocycles. The molecule has 1 atom stereocenters. The fourth-order valence-electron chi connectivity index (χ4n) is 0.836. The lowest BCUT2D eigenvalue weighted by atomic mass is 10.2. The lowest BCUT2D eigenvalue weighted by Crippen LogP contribution is -1.90. The van der Waals surface area contributed by atoms with Crippen molar-refractivity contribution in [2.75, 3.05) is 0 Å². The molecule has 1 aliphatic carbocycles. The normalized spacial score (nSPS) is 24.9. The number of hydrogen-bond acceptors (Lipinski definition) is 1. The van der Waals surface area contributed by atoms with Crippen molar-refractivity contribution in [2.45, 2.75) is 31.4 Å². The summed E-state index contributed by atoms with van der Waals surface area (Å²) < 4.78 is 0. The van der Waals surface area contributed by atoms with Gasteiger partial charge in [-0.25, -0.2) is 0 Å². The standard InChI is InChI=1S/C6H12S/c1-5(7)4-6-2-3-6/h5-7H,2-4H2,1H3. The molecule has 0 nitrogen and oxygen atoms in total. The highest BCUT2D eigenvalue weighted by molar-refractivity contribution is 7.80. The Kier molecular flexibility index (Phi) is 1.63. The Labute approximate surface area is 50.7 Å². The van der Waals surface area contributed by atoms with Crippen molar-refractivity contribution in [2.24, 2.45) is 5.92 Å². The molecule has 0 heterocycles. The second kappa shape index (κ2) is 2.08. The fraction of sp³-hybridized carbons (Fsp3) is 1.00. The SMILES string of the molecule is CC(S)CC1CC1. The lowest BCUT2D eigenvalue weighted by Gasteiger charge is -1.97. The Hall–Kier alpha value is 0.350. The maximum absolute atomic E-state index is 4.28. The van der Waals surface area contributed by atoms with E-state index in [4.69, 9.17) is 0 Å². The van der Waals surface area contributed by atoms with Crippen molar-refractivity contribution < 1.29 is 0 Å². The second-order valence-electron chi connectivity index (χ2n) is 2.53. The smallest absolute Gasteiger partial charge is 0.000895 e. The molecule has 0 saturated heterocycles. The number of thiol groups is 1. The topological polar surface area (TPSA) is 0 Å². The van der Waals surface area contributed by atoms with Crippen LogP contribution >= 0.6 is 12.6 Å². The maximum atomic E-state index is 4.28. The molecule has 0 aromatic carbocycles. The van der Waals surface area contributed by atoms with Crippen LogP contribution in [0.5, 0.6) is 0 Å². The van der Waals surface area contributed by atoms with Gasteiger partial charge in [0, 0.05) is 0 Å². The summed E-state index contributed by atoms with van der Waals surface area (Å²) in [4.78, 5) is 0. The Bertz CT molecular complexity index is 55.2. The van der Waals surface area contributed by atoms with Crippen LogP contribution in [0.3, 0.4) is 0 Å². The predicted octanol–water partition coefficient (Wildman–Crippen LogP) is 2.10. The molecule has 0 N–H and O–H groups in total. The van der Waals surface area contributed by atoms with E-state index in [-0.39, 0.29) is 0 Å². The van der Waals surface area contributed by atoms with E-state index in [1.54, 1.807) is 0 Å². The molecule has 0 aromatic heterocycles. The zero-order chi connectivity index (χ0) is 5.28. The minimum absolute atomic E-state index is 0.632. The molecule has 0 aliphatic heterocycles. The first-order valence-electron chi connectivity index (χ1n) is 2.97.